The van der Waals surface area contributed by atoms with E-state index < -0.39 is 84.4 Å². The average molecular weight is 717 g/mol. The van der Waals surface area contributed by atoms with E-state index in [4.69, 9.17) is 18.9 Å². The van der Waals surface area contributed by atoms with Crippen LogP contribution in [0.25, 0.3) is 22.3 Å². The molecule has 0 aliphatic rings. The first-order valence-corrected chi connectivity index (χ1v) is 16.4. The van der Waals surface area contributed by atoms with Gasteiger partial charge in [0, 0.05) is 6.42 Å². The molecule has 4 aromatic carbocycles. The lowest BCUT2D eigenvalue weighted by Gasteiger charge is -2.25. The van der Waals surface area contributed by atoms with Crippen molar-refractivity contribution in [3.63, 3.8) is 0 Å². The number of esters is 4. The Labute approximate surface area is 299 Å². The molecule has 0 aromatic heterocycles. The summed E-state index contributed by atoms with van der Waals surface area (Å²) in [7, 11) is 0. The molecule has 0 radical (unpaired) electrons. The van der Waals surface area contributed by atoms with Gasteiger partial charge in [0.1, 0.15) is 11.5 Å². The second kappa shape index (κ2) is 17.9. The molecule has 5 N–H and O–H groups in total. The van der Waals surface area contributed by atoms with Gasteiger partial charge in [0.05, 0.1) is 48.7 Å². The van der Waals surface area contributed by atoms with E-state index in [9.17, 15) is 44.7 Å². The monoisotopic (exact) mass is 716 g/mol. The fourth-order valence-corrected chi connectivity index (χ4v) is 5.08. The Morgan fingerprint density at radius 3 is 1.15 bits per heavy atom. The summed E-state index contributed by atoms with van der Waals surface area (Å²) in [5, 5.41) is 50.3. The van der Waals surface area contributed by atoms with Crippen LogP contribution in [0.5, 0.6) is 34.5 Å². The van der Waals surface area contributed by atoms with E-state index in [1.165, 1.54) is 69.3 Å². The lowest BCUT2D eigenvalue weighted by Crippen LogP contribution is -2.21. The summed E-state index contributed by atoms with van der Waals surface area (Å²) in [6, 6.07) is 19.7. The van der Waals surface area contributed by atoms with E-state index in [2.05, 4.69) is 0 Å². The number of carbonyl (C=O) groups excluding carboxylic acids is 4. The van der Waals surface area contributed by atoms with Crippen LogP contribution in [-0.4, -0.2) is 67.7 Å². The highest BCUT2D eigenvalue weighted by molar-refractivity contribution is 5.99. The quantitative estimate of drug-likeness (QED) is 0.0812. The van der Waals surface area contributed by atoms with Crippen LogP contribution < -0.4 is 18.9 Å². The fraction of sp³-hybridized carbons (Fsp3) is 0.282. The maximum Gasteiger partial charge on any atom is 0.313 e. The van der Waals surface area contributed by atoms with Gasteiger partial charge < -0.3 is 44.5 Å². The van der Waals surface area contributed by atoms with Crippen LogP contribution in [0.15, 0.2) is 78.9 Å². The largest absolute Gasteiger partial charge is 0.508 e. The van der Waals surface area contributed by atoms with Crippen LogP contribution in [0.3, 0.4) is 0 Å². The van der Waals surface area contributed by atoms with Gasteiger partial charge >= 0.3 is 23.9 Å². The van der Waals surface area contributed by atoms with Crippen molar-refractivity contribution in [2.75, 3.05) is 0 Å². The average Bonchev–Trinajstić information content (AvgIpc) is 3.06. The standard InChI is InChI=1S/C39H40O13/c1-22(40)19-31(46)50-37-35(27-12-16-29(44)17-13-27)39(52-33(48)21-24(3)42)38(51-32(47)20-23(2)41)34(26-10-14-28(43)15-11-26)36(37)49-30(45)18-9-25-7-5-4-6-8-25/h4-8,10-17,22-24,40-44H,9,18-21H2,1-3H3/t22-,23-,24-/m0/s1. The van der Waals surface area contributed by atoms with Crippen LogP contribution >= 0.6 is 0 Å². The molecular formula is C39H40O13. The highest BCUT2D eigenvalue weighted by atomic mass is 16.6. The van der Waals surface area contributed by atoms with Gasteiger partial charge in [-0.2, -0.15) is 0 Å². The topological polar surface area (TPSA) is 206 Å². The Bertz CT molecular complexity index is 1860. The highest BCUT2D eigenvalue weighted by Crippen LogP contribution is 2.58. The van der Waals surface area contributed by atoms with Crippen molar-refractivity contribution in [3.05, 3.63) is 84.4 Å². The van der Waals surface area contributed by atoms with E-state index in [-0.39, 0.29) is 46.6 Å². The maximum absolute atomic E-state index is 13.7. The summed E-state index contributed by atoms with van der Waals surface area (Å²) < 4.78 is 23.4. The number of benzene rings is 4. The van der Waals surface area contributed by atoms with Crippen LogP contribution in [0.1, 0.15) is 52.0 Å². The van der Waals surface area contributed by atoms with Crippen molar-refractivity contribution in [3.8, 4) is 56.8 Å². The Hall–Kier alpha value is -5.76. The van der Waals surface area contributed by atoms with Crippen molar-refractivity contribution < 1.29 is 63.7 Å². The molecule has 0 spiro atoms. The van der Waals surface area contributed by atoms with Gasteiger partial charge in [0.2, 0.25) is 0 Å². The zero-order valence-corrected chi connectivity index (χ0v) is 28.8. The number of hydrogen-bond acceptors (Lipinski definition) is 13. The van der Waals surface area contributed by atoms with Crippen LogP contribution in [-0.2, 0) is 25.6 Å². The Morgan fingerprint density at radius 1 is 0.500 bits per heavy atom. The number of aliphatic hydroxyl groups is 3. The predicted molar refractivity (Wildman–Crippen MR) is 187 cm³/mol. The third kappa shape index (κ3) is 10.9. The summed E-state index contributed by atoms with van der Waals surface area (Å²) in [6.07, 6.45) is -5.00. The van der Waals surface area contributed by atoms with E-state index in [0.29, 0.717) is 0 Å². The predicted octanol–water partition coefficient (Wildman–Crippen LogP) is 5.00. The number of aliphatic hydroxyl groups excluding tert-OH is 3. The van der Waals surface area contributed by atoms with Gasteiger partial charge in [0.25, 0.3) is 0 Å². The van der Waals surface area contributed by atoms with Gasteiger partial charge in [-0.1, -0.05) is 54.6 Å². The second-order valence-electron chi connectivity index (χ2n) is 12.2. The van der Waals surface area contributed by atoms with Gasteiger partial charge in [-0.3, -0.25) is 19.2 Å². The summed E-state index contributed by atoms with van der Waals surface area (Å²) >= 11 is 0. The zero-order chi connectivity index (χ0) is 37.9. The first-order chi connectivity index (χ1) is 24.7. The number of hydrogen-bond donors (Lipinski definition) is 5. The van der Waals surface area contributed by atoms with Crippen LogP contribution in [0.4, 0.5) is 0 Å². The van der Waals surface area contributed by atoms with Crippen LogP contribution in [0.2, 0.25) is 0 Å². The highest BCUT2D eigenvalue weighted by Gasteiger charge is 2.35. The summed E-state index contributed by atoms with van der Waals surface area (Å²) in [5.41, 5.74) is 0.589. The third-order valence-electron chi connectivity index (χ3n) is 7.34. The molecule has 0 aliphatic carbocycles. The molecule has 4 aromatic rings. The molecule has 0 fully saturated rings. The minimum absolute atomic E-state index is 0.115. The molecule has 52 heavy (non-hydrogen) atoms. The van der Waals surface area contributed by atoms with Crippen molar-refractivity contribution in [1.29, 1.82) is 0 Å². The minimum atomic E-state index is -1.17. The number of phenols is 2. The Balaban J connectivity index is 2.13. The second-order valence-corrected chi connectivity index (χ2v) is 12.2. The first kappa shape index (κ1) is 39.0. The van der Waals surface area contributed by atoms with E-state index in [1.54, 1.807) is 12.1 Å². The molecule has 3 atom stereocenters. The van der Waals surface area contributed by atoms with Crippen molar-refractivity contribution in [2.45, 2.75) is 71.2 Å². The molecule has 0 heterocycles. The maximum atomic E-state index is 13.7. The molecular weight excluding hydrogens is 676 g/mol. The van der Waals surface area contributed by atoms with E-state index >= 15 is 0 Å². The van der Waals surface area contributed by atoms with Crippen molar-refractivity contribution in [1.82, 2.24) is 0 Å². The number of ether oxygens (including phenoxy) is 4. The fourth-order valence-electron chi connectivity index (χ4n) is 5.08. The van der Waals surface area contributed by atoms with Crippen LogP contribution in [0, 0.1) is 0 Å². The normalized spacial score (nSPS) is 12.7. The zero-order valence-electron chi connectivity index (χ0n) is 28.8. The molecule has 0 saturated carbocycles. The molecule has 13 nitrogen and oxygen atoms in total. The number of carbonyl (C=O) groups is 4. The molecule has 274 valence electrons. The number of aryl methyl sites for hydroxylation is 1. The van der Waals surface area contributed by atoms with Gasteiger partial charge in [-0.05, 0) is 68.1 Å². The molecule has 0 unspecified atom stereocenters. The third-order valence-corrected chi connectivity index (χ3v) is 7.34. The Morgan fingerprint density at radius 2 is 0.827 bits per heavy atom. The van der Waals surface area contributed by atoms with E-state index in [1.807, 2.05) is 18.2 Å². The lowest BCUT2D eigenvalue weighted by atomic mass is 9.94. The van der Waals surface area contributed by atoms with Crippen molar-refractivity contribution in [2.24, 2.45) is 0 Å². The van der Waals surface area contributed by atoms with Gasteiger partial charge in [-0.15, -0.1) is 0 Å². The number of rotatable bonds is 15. The lowest BCUT2D eigenvalue weighted by molar-refractivity contribution is -0.139. The SMILES string of the molecule is C[C@H](O)CC(=O)Oc1c(OC(=O)C[C@H](C)O)c(-c2ccc(O)cc2)c(OC(=O)C[C@H](C)O)c(OC(=O)CCc2ccccc2)c1-c1ccc(O)cc1. The Kier molecular flexibility index (Phi) is 13.5. The molecule has 0 aliphatic heterocycles. The molecule has 0 bridgehead atoms. The summed E-state index contributed by atoms with van der Waals surface area (Å²) in [6.45, 7) is 4.04. The van der Waals surface area contributed by atoms with Gasteiger partial charge in [0.15, 0.2) is 23.0 Å². The van der Waals surface area contributed by atoms with Gasteiger partial charge in [-0.25, -0.2) is 0 Å². The summed E-state index contributed by atoms with van der Waals surface area (Å²) in [5.74, 6) is -6.09. The smallest absolute Gasteiger partial charge is 0.313 e. The molecule has 0 saturated heterocycles. The molecule has 0 amide bonds. The number of aromatic hydroxyl groups is 2. The van der Waals surface area contributed by atoms with Crippen molar-refractivity contribution >= 4 is 23.9 Å². The minimum Gasteiger partial charge on any atom is -0.508 e. The molecule has 4 rings (SSSR count). The molecule has 13 heteroatoms. The van der Waals surface area contributed by atoms with E-state index in [0.717, 1.165) is 5.56 Å². The number of phenolic OH excluding ortho intramolecular Hbond substituents is 2. The first-order valence-electron chi connectivity index (χ1n) is 16.4. The summed E-state index contributed by atoms with van der Waals surface area (Å²) in [4.78, 5) is 53.5.